The molecular formula is C26H23ClF3NO2. The molecular weight excluding hydrogens is 451 g/mol. The van der Waals surface area contributed by atoms with E-state index in [-0.39, 0.29) is 11.6 Å². The molecule has 0 aromatic heterocycles. The smallest absolute Gasteiger partial charge is 0.416 e. The zero-order chi connectivity index (χ0) is 23.6. The molecule has 7 heteroatoms. The number of alkyl halides is 3. The summed E-state index contributed by atoms with van der Waals surface area (Å²) in [5, 5.41) is 9.77. The van der Waals surface area contributed by atoms with E-state index in [1.807, 2.05) is 59.5 Å². The number of piperidine rings is 1. The summed E-state index contributed by atoms with van der Waals surface area (Å²) in [5.74, 6) is -1.47. The van der Waals surface area contributed by atoms with E-state index in [4.69, 9.17) is 11.6 Å². The second-order valence-corrected chi connectivity index (χ2v) is 8.70. The lowest BCUT2D eigenvalue weighted by Crippen LogP contribution is -2.41. The molecule has 172 valence electrons. The van der Waals surface area contributed by atoms with E-state index in [2.05, 4.69) is 0 Å². The highest BCUT2D eigenvalue weighted by atomic mass is 35.5. The van der Waals surface area contributed by atoms with Crippen molar-refractivity contribution in [2.24, 2.45) is 5.92 Å². The first kappa shape index (κ1) is 23.3. The Morgan fingerprint density at radius 3 is 2.30 bits per heavy atom. The average molecular weight is 474 g/mol. The molecule has 1 heterocycles. The van der Waals surface area contributed by atoms with E-state index in [0.29, 0.717) is 24.9 Å². The molecule has 1 saturated heterocycles. The van der Waals surface area contributed by atoms with Crippen LogP contribution in [0.1, 0.15) is 35.6 Å². The molecule has 3 nitrogen and oxygen atoms in total. The van der Waals surface area contributed by atoms with Gasteiger partial charge in [0, 0.05) is 11.6 Å². The Bertz CT molecular complexity index is 1120. The average Bonchev–Trinajstić information content (AvgIpc) is 2.81. The van der Waals surface area contributed by atoms with Gasteiger partial charge in [-0.15, -0.1) is 0 Å². The molecule has 1 N–H and O–H groups in total. The van der Waals surface area contributed by atoms with Gasteiger partial charge in [0.2, 0.25) is 0 Å². The first-order valence-electron chi connectivity index (χ1n) is 10.7. The minimum atomic E-state index is -4.51. The van der Waals surface area contributed by atoms with Gasteiger partial charge >= 0.3 is 12.1 Å². The summed E-state index contributed by atoms with van der Waals surface area (Å²) in [6.07, 6.45) is -3.32. The number of hydrogen-bond acceptors (Lipinski definition) is 2. The minimum Gasteiger partial charge on any atom is -0.481 e. The summed E-state index contributed by atoms with van der Waals surface area (Å²) in [7, 11) is 0. The fourth-order valence-corrected chi connectivity index (χ4v) is 4.67. The summed E-state index contributed by atoms with van der Waals surface area (Å²) in [5.41, 5.74) is 2.32. The Hall–Kier alpha value is -2.83. The van der Waals surface area contributed by atoms with Crippen LogP contribution in [0.15, 0.2) is 72.8 Å². The number of likely N-dealkylation sites (tertiary alicyclic amines) is 1. The van der Waals surface area contributed by atoms with E-state index < -0.39 is 29.7 Å². The molecule has 0 spiro atoms. The Morgan fingerprint density at radius 1 is 1.00 bits per heavy atom. The molecule has 0 bridgehead atoms. The lowest BCUT2D eigenvalue weighted by atomic mass is 9.90. The standard InChI is InChI=1S/C26H23ClF3NO2/c27-23-13-12-21(26(28,29)30)15-22(23)24(31-14-4-7-20(16-31)25(32)33)19-10-8-18(9-11-19)17-5-2-1-3-6-17/h1-3,5-6,8-13,15,20,24H,4,7,14,16H2,(H,32,33). The number of aliphatic carboxylic acids is 1. The maximum Gasteiger partial charge on any atom is 0.416 e. The van der Waals surface area contributed by atoms with Gasteiger partial charge in [-0.2, -0.15) is 13.2 Å². The summed E-state index contributed by atoms with van der Waals surface area (Å²) in [4.78, 5) is 13.6. The molecule has 3 aromatic carbocycles. The van der Waals surface area contributed by atoms with E-state index in [1.54, 1.807) is 0 Å². The summed E-state index contributed by atoms with van der Waals surface area (Å²) in [6, 6.07) is 20.1. The maximum absolute atomic E-state index is 13.5. The topological polar surface area (TPSA) is 40.5 Å². The van der Waals surface area contributed by atoms with E-state index in [1.165, 1.54) is 6.07 Å². The fraction of sp³-hybridized carbons (Fsp3) is 0.269. The number of carbonyl (C=O) groups is 1. The van der Waals surface area contributed by atoms with Gasteiger partial charge < -0.3 is 5.11 Å². The lowest BCUT2D eigenvalue weighted by molar-refractivity contribution is -0.143. The van der Waals surface area contributed by atoms with Crippen LogP contribution in [-0.2, 0) is 11.0 Å². The maximum atomic E-state index is 13.5. The van der Waals surface area contributed by atoms with Crippen molar-refractivity contribution in [3.63, 3.8) is 0 Å². The van der Waals surface area contributed by atoms with Crippen molar-refractivity contribution in [2.45, 2.75) is 25.1 Å². The van der Waals surface area contributed by atoms with Gasteiger partial charge in [-0.25, -0.2) is 0 Å². The molecule has 4 rings (SSSR count). The van der Waals surface area contributed by atoms with Crippen molar-refractivity contribution >= 4 is 17.6 Å². The van der Waals surface area contributed by atoms with Crippen molar-refractivity contribution < 1.29 is 23.1 Å². The number of benzene rings is 3. The molecule has 1 fully saturated rings. The number of rotatable bonds is 5. The van der Waals surface area contributed by atoms with Crippen molar-refractivity contribution in [3.05, 3.63) is 94.5 Å². The van der Waals surface area contributed by atoms with E-state index in [9.17, 15) is 23.1 Å². The number of carboxylic acid groups (broad SMARTS) is 1. The molecule has 0 aliphatic carbocycles. The largest absolute Gasteiger partial charge is 0.481 e. The van der Waals surface area contributed by atoms with Gasteiger partial charge in [-0.05, 0) is 59.8 Å². The van der Waals surface area contributed by atoms with Crippen LogP contribution >= 0.6 is 11.6 Å². The van der Waals surface area contributed by atoms with Crippen molar-refractivity contribution in [1.82, 2.24) is 4.90 Å². The number of nitrogens with zero attached hydrogens (tertiary/aromatic N) is 1. The lowest BCUT2D eigenvalue weighted by Gasteiger charge is -2.38. The zero-order valence-electron chi connectivity index (χ0n) is 17.7. The van der Waals surface area contributed by atoms with Crippen LogP contribution in [0.5, 0.6) is 0 Å². The van der Waals surface area contributed by atoms with Gasteiger partial charge in [0.1, 0.15) is 0 Å². The van der Waals surface area contributed by atoms with Crippen LogP contribution in [-0.4, -0.2) is 29.1 Å². The van der Waals surface area contributed by atoms with Crippen LogP contribution in [0.25, 0.3) is 11.1 Å². The minimum absolute atomic E-state index is 0.220. The quantitative estimate of drug-likeness (QED) is 0.437. The monoisotopic (exact) mass is 473 g/mol. The van der Waals surface area contributed by atoms with E-state index in [0.717, 1.165) is 28.8 Å². The van der Waals surface area contributed by atoms with Gasteiger partial charge in [0.05, 0.1) is 17.5 Å². The number of carboxylic acids is 1. The SMILES string of the molecule is O=C(O)C1CCCN(C(c2ccc(-c3ccccc3)cc2)c2cc(C(F)(F)F)ccc2Cl)C1. The molecule has 2 atom stereocenters. The van der Waals surface area contributed by atoms with Crippen LogP contribution in [0.4, 0.5) is 13.2 Å². The van der Waals surface area contributed by atoms with E-state index >= 15 is 0 Å². The van der Waals surface area contributed by atoms with Crippen molar-refractivity contribution in [1.29, 1.82) is 0 Å². The van der Waals surface area contributed by atoms with Gasteiger partial charge in [-0.3, -0.25) is 9.69 Å². The molecule has 1 aliphatic heterocycles. The Kier molecular flexibility index (Phi) is 6.77. The second kappa shape index (κ2) is 9.57. The molecule has 0 amide bonds. The van der Waals surface area contributed by atoms with Gasteiger partial charge in [-0.1, -0.05) is 66.2 Å². The van der Waals surface area contributed by atoms with Gasteiger partial charge in [0.15, 0.2) is 0 Å². The Labute approximate surface area is 195 Å². The zero-order valence-corrected chi connectivity index (χ0v) is 18.5. The second-order valence-electron chi connectivity index (χ2n) is 8.30. The highest BCUT2D eigenvalue weighted by molar-refractivity contribution is 6.31. The number of halogens is 4. The molecule has 2 unspecified atom stereocenters. The van der Waals surface area contributed by atoms with Crippen LogP contribution in [0.3, 0.4) is 0 Å². The van der Waals surface area contributed by atoms with Crippen molar-refractivity contribution in [2.75, 3.05) is 13.1 Å². The first-order chi connectivity index (χ1) is 15.7. The van der Waals surface area contributed by atoms with Crippen LogP contribution in [0.2, 0.25) is 5.02 Å². The molecule has 0 saturated carbocycles. The fourth-order valence-electron chi connectivity index (χ4n) is 4.45. The normalized spacial score (nSPS) is 18.1. The predicted molar refractivity (Wildman–Crippen MR) is 122 cm³/mol. The first-order valence-corrected chi connectivity index (χ1v) is 11.1. The summed E-state index contributed by atoms with van der Waals surface area (Å²) >= 11 is 6.43. The van der Waals surface area contributed by atoms with Gasteiger partial charge in [0.25, 0.3) is 0 Å². The third-order valence-electron chi connectivity index (χ3n) is 6.12. The Morgan fingerprint density at radius 2 is 1.67 bits per heavy atom. The molecule has 0 radical (unpaired) electrons. The Balaban J connectivity index is 1.78. The van der Waals surface area contributed by atoms with Crippen LogP contribution < -0.4 is 0 Å². The molecule has 3 aromatic rings. The highest BCUT2D eigenvalue weighted by Crippen LogP contribution is 2.40. The molecule has 33 heavy (non-hydrogen) atoms. The predicted octanol–water partition coefficient (Wildman–Crippen LogP) is 6.91. The third-order valence-corrected chi connectivity index (χ3v) is 6.46. The summed E-state index contributed by atoms with van der Waals surface area (Å²) < 4.78 is 40.4. The third kappa shape index (κ3) is 5.23. The highest BCUT2D eigenvalue weighted by Gasteiger charge is 2.35. The summed E-state index contributed by atoms with van der Waals surface area (Å²) in [6.45, 7) is 0.814. The van der Waals surface area contributed by atoms with Crippen LogP contribution in [0, 0.1) is 5.92 Å². The molecule has 1 aliphatic rings. The van der Waals surface area contributed by atoms with Crippen molar-refractivity contribution in [3.8, 4) is 11.1 Å². The number of hydrogen-bond donors (Lipinski definition) is 1.